The van der Waals surface area contributed by atoms with Crippen LogP contribution in [0.2, 0.25) is 10.0 Å². The lowest BCUT2D eigenvalue weighted by Gasteiger charge is -2.14. The predicted octanol–water partition coefficient (Wildman–Crippen LogP) is 2.86. The van der Waals surface area contributed by atoms with Crippen molar-refractivity contribution >= 4 is 46.8 Å². The Hall–Kier alpha value is -0.910. The molecule has 0 unspecified atom stereocenters. The number of carbonyl (C=O) groups is 2. The first kappa shape index (κ1) is 17.1. The van der Waals surface area contributed by atoms with Gasteiger partial charge in [-0.3, -0.25) is 4.79 Å². The maximum atomic E-state index is 11.9. The van der Waals surface area contributed by atoms with Crippen LogP contribution in [0.25, 0.3) is 0 Å². The highest BCUT2D eigenvalue weighted by Crippen LogP contribution is 2.24. The van der Waals surface area contributed by atoms with Gasteiger partial charge < -0.3 is 10.4 Å². The second-order valence-electron chi connectivity index (χ2n) is 4.12. The Balaban J connectivity index is 2.68. The van der Waals surface area contributed by atoms with Crippen LogP contribution in [0, 0.1) is 0 Å². The van der Waals surface area contributed by atoms with Gasteiger partial charge in [-0.1, -0.05) is 29.3 Å². The second kappa shape index (κ2) is 8.39. The van der Waals surface area contributed by atoms with E-state index in [1.807, 2.05) is 6.26 Å². The standard InChI is InChI=1S/C13H15Cl2NO3S/c1-20-6-5-11(13(18)19)16-12(17)7-8-9(14)3-2-4-10(8)15/h2-4,11H,5-7H2,1H3,(H,16,17)(H,18,19)/t11-/m1/s1. The number of aliphatic carboxylic acids is 1. The topological polar surface area (TPSA) is 66.4 Å². The summed E-state index contributed by atoms with van der Waals surface area (Å²) >= 11 is 13.5. The number of hydrogen-bond acceptors (Lipinski definition) is 3. The largest absolute Gasteiger partial charge is 0.480 e. The molecule has 2 N–H and O–H groups in total. The first-order valence-electron chi connectivity index (χ1n) is 5.89. The average molecular weight is 336 g/mol. The minimum Gasteiger partial charge on any atom is -0.480 e. The van der Waals surface area contributed by atoms with Gasteiger partial charge in [-0.05, 0) is 36.1 Å². The molecule has 0 radical (unpaired) electrons. The summed E-state index contributed by atoms with van der Waals surface area (Å²) in [7, 11) is 0. The van der Waals surface area contributed by atoms with Crippen LogP contribution in [0.3, 0.4) is 0 Å². The van der Waals surface area contributed by atoms with Crippen LogP contribution in [-0.4, -0.2) is 35.0 Å². The van der Waals surface area contributed by atoms with E-state index >= 15 is 0 Å². The maximum Gasteiger partial charge on any atom is 0.326 e. The second-order valence-corrected chi connectivity index (χ2v) is 5.92. The molecule has 0 saturated carbocycles. The van der Waals surface area contributed by atoms with Gasteiger partial charge in [-0.15, -0.1) is 0 Å². The van der Waals surface area contributed by atoms with Gasteiger partial charge in [-0.2, -0.15) is 11.8 Å². The Kier molecular flexibility index (Phi) is 7.19. The molecule has 1 aromatic carbocycles. The van der Waals surface area contributed by atoms with E-state index in [-0.39, 0.29) is 6.42 Å². The molecule has 0 saturated heterocycles. The molecule has 0 aliphatic rings. The van der Waals surface area contributed by atoms with Gasteiger partial charge in [0.2, 0.25) is 5.91 Å². The summed E-state index contributed by atoms with van der Waals surface area (Å²) in [6, 6.07) is 4.07. The fraction of sp³-hybridized carbons (Fsp3) is 0.385. The quantitative estimate of drug-likeness (QED) is 0.804. The van der Waals surface area contributed by atoms with E-state index in [1.54, 1.807) is 18.2 Å². The number of nitrogens with one attached hydrogen (secondary N) is 1. The summed E-state index contributed by atoms with van der Waals surface area (Å²) in [4.78, 5) is 22.9. The number of halogens is 2. The molecule has 0 aliphatic heterocycles. The SMILES string of the molecule is CSCC[C@@H](NC(=O)Cc1c(Cl)cccc1Cl)C(=O)O. The van der Waals surface area contributed by atoms with Crippen LogP contribution in [0.15, 0.2) is 18.2 Å². The van der Waals surface area contributed by atoms with Crippen LogP contribution in [0.4, 0.5) is 0 Å². The molecule has 0 aliphatic carbocycles. The monoisotopic (exact) mass is 335 g/mol. The van der Waals surface area contributed by atoms with E-state index in [0.717, 1.165) is 0 Å². The van der Waals surface area contributed by atoms with Crippen LogP contribution in [-0.2, 0) is 16.0 Å². The van der Waals surface area contributed by atoms with Crippen molar-refractivity contribution in [3.8, 4) is 0 Å². The van der Waals surface area contributed by atoms with Crippen LogP contribution in [0.5, 0.6) is 0 Å². The Bertz CT molecular complexity index is 476. The van der Waals surface area contributed by atoms with Crippen molar-refractivity contribution in [3.05, 3.63) is 33.8 Å². The Morgan fingerprint density at radius 2 is 1.95 bits per heavy atom. The van der Waals surface area contributed by atoms with E-state index in [4.69, 9.17) is 28.3 Å². The third kappa shape index (κ3) is 5.23. The van der Waals surface area contributed by atoms with Crippen molar-refractivity contribution < 1.29 is 14.7 Å². The van der Waals surface area contributed by atoms with E-state index in [2.05, 4.69) is 5.32 Å². The van der Waals surface area contributed by atoms with E-state index in [9.17, 15) is 9.59 Å². The Morgan fingerprint density at radius 1 is 1.35 bits per heavy atom. The van der Waals surface area contributed by atoms with Gasteiger partial charge in [0, 0.05) is 10.0 Å². The molecule has 110 valence electrons. The van der Waals surface area contributed by atoms with Crippen molar-refractivity contribution in [2.45, 2.75) is 18.9 Å². The summed E-state index contributed by atoms with van der Waals surface area (Å²) in [6.07, 6.45) is 2.21. The lowest BCUT2D eigenvalue weighted by Crippen LogP contribution is -2.41. The molecule has 1 aromatic rings. The molecule has 7 heteroatoms. The number of hydrogen-bond donors (Lipinski definition) is 2. The van der Waals surface area contributed by atoms with Crippen LogP contribution >= 0.6 is 35.0 Å². The van der Waals surface area contributed by atoms with Crippen LogP contribution in [0.1, 0.15) is 12.0 Å². The van der Waals surface area contributed by atoms with Crippen molar-refractivity contribution in [1.29, 1.82) is 0 Å². The van der Waals surface area contributed by atoms with Crippen LogP contribution < -0.4 is 5.32 Å². The lowest BCUT2D eigenvalue weighted by molar-refractivity contribution is -0.141. The third-order valence-corrected chi connectivity index (χ3v) is 4.00. The molecule has 1 rings (SSSR count). The summed E-state index contributed by atoms with van der Waals surface area (Å²) in [5.41, 5.74) is 0.502. The van der Waals surface area contributed by atoms with Gasteiger partial charge in [0.05, 0.1) is 6.42 Å². The molecule has 1 amide bonds. The normalized spacial score (nSPS) is 11.9. The molecule has 4 nitrogen and oxygen atoms in total. The summed E-state index contributed by atoms with van der Waals surface area (Å²) < 4.78 is 0. The first-order chi connectivity index (χ1) is 9.45. The molecular formula is C13H15Cl2NO3S. The van der Waals surface area contributed by atoms with Crippen molar-refractivity contribution in [3.63, 3.8) is 0 Å². The number of amides is 1. The number of benzene rings is 1. The predicted molar refractivity (Wildman–Crippen MR) is 82.7 cm³/mol. The fourth-order valence-corrected chi connectivity index (χ4v) is 2.60. The Morgan fingerprint density at radius 3 is 2.45 bits per heavy atom. The highest BCUT2D eigenvalue weighted by molar-refractivity contribution is 7.98. The van der Waals surface area contributed by atoms with Gasteiger partial charge in [0.1, 0.15) is 6.04 Å². The average Bonchev–Trinajstić information content (AvgIpc) is 2.38. The van der Waals surface area contributed by atoms with Gasteiger partial charge in [-0.25, -0.2) is 4.79 Å². The zero-order valence-electron chi connectivity index (χ0n) is 10.9. The zero-order valence-corrected chi connectivity index (χ0v) is 13.2. The van der Waals surface area contributed by atoms with E-state index in [0.29, 0.717) is 27.8 Å². The molecule has 0 aromatic heterocycles. The van der Waals surface area contributed by atoms with E-state index < -0.39 is 17.9 Å². The van der Waals surface area contributed by atoms with Gasteiger partial charge in [0.25, 0.3) is 0 Å². The smallest absolute Gasteiger partial charge is 0.326 e. The number of thioether (sulfide) groups is 1. The number of rotatable bonds is 7. The lowest BCUT2D eigenvalue weighted by atomic mass is 10.1. The molecule has 0 heterocycles. The number of carbonyl (C=O) groups excluding carboxylic acids is 1. The molecule has 1 atom stereocenters. The number of carboxylic acids is 1. The van der Waals surface area contributed by atoms with Crippen molar-refractivity contribution in [2.24, 2.45) is 0 Å². The molecule has 0 fully saturated rings. The minimum absolute atomic E-state index is 0.0401. The summed E-state index contributed by atoms with van der Waals surface area (Å²) in [6.45, 7) is 0. The third-order valence-electron chi connectivity index (χ3n) is 2.64. The Labute approximate surface area is 131 Å². The summed E-state index contributed by atoms with van der Waals surface area (Å²) in [5, 5.41) is 12.3. The van der Waals surface area contributed by atoms with Gasteiger partial charge >= 0.3 is 5.97 Å². The highest BCUT2D eigenvalue weighted by atomic mass is 35.5. The highest BCUT2D eigenvalue weighted by Gasteiger charge is 2.20. The van der Waals surface area contributed by atoms with Gasteiger partial charge in [0.15, 0.2) is 0 Å². The minimum atomic E-state index is -1.04. The van der Waals surface area contributed by atoms with Crippen molar-refractivity contribution in [2.75, 3.05) is 12.0 Å². The molecule has 0 spiro atoms. The molecule has 20 heavy (non-hydrogen) atoms. The molecular weight excluding hydrogens is 321 g/mol. The van der Waals surface area contributed by atoms with E-state index in [1.165, 1.54) is 11.8 Å². The fourth-order valence-electron chi connectivity index (χ4n) is 1.60. The number of carboxylic acid groups (broad SMARTS) is 1. The first-order valence-corrected chi connectivity index (χ1v) is 8.04. The van der Waals surface area contributed by atoms with Crippen molar-refractivity contribution in [1.82, 2.24) is 5.32 Å². The molecule has 0 bridgehead atoms. The maximum absolute atomic E-state index is 11.9. The zero-order chi connectivity index (χ0) is 15.1. The summed E-state index contributed by atoms with van der Waals surface area (Å²) in [5.74, 6) is -0.796.